The Hall–Kier alpha value is -0.170. The zero-order chi connectivity index (χ0) is 12.4. The summed E-state index contributed by atoms with van der Waals surface area (Å²) in [7, 11) is -4.49. The van der Waals surface area contributed by atoms with Crippen LogP contribution in [0.15, 0.2) is 0 Å². The monoisotopic (exact) mass is 250 g/mol. The summed E-state index contributed by atoms with van der Waals surface area (Å²) >= 11 is 0. The van der Waals surface area contributed by atoms with Crippen LogP contribution in [0.1, 0.15) is 33.6 Å². The van der Waals surface area contributed by atoms with E-state index < -0.39 is 22.1 Å². The molecule has 3 saturated carbocycles. The minimum Gasteiger partial charge on any atom is -0.387 e. The quantitative estimate of drug-likeness (QED) is 0.714. The molecule has 3 rings (SSSR count). The molecular weight excluding hydrogens is 232 g/mol. The van der Waals surface area contributed by atoms with E-state index in [1.54, 1.807) is 6.92 Å². The summed E-state index contributed by atoms with van der Waals surface area (Å²) in [6.07, 6.45) is 0.529. The molecule has 6 heteroatoms. The van der Waals surface area contributed by atoms with E-state index in [9.17, 15) is 13.5 Å². The second-order valence-corrected chi connectivity index (χ2v) is 6.83. The van der Waals surface area contributed by atoms with Crippen molar-refractivity contribution < 1.29 is 22.3 Å². The molecule has 2 bridgehead atoms. The molecule has 3 fully saturated rings. The average molecular weight is 250 g/mol. The summed E-state index contributed by atoms with van der Waals surface area (Å²) in [5, 5.41) is 10.3. The Balaban J connectivity index is 2.21. The highest BCUT2D eigenvalue weighted by Crippen LogP contribution is 2.63. The maximum absolute atomic E-state index is 10.7. The molecule has 0 aromatic carbocycles. The molecule has 0 amide bonds. The van der Waals surface area contributed by atoms with Gasteiger partial charge in [0.15, 0.2) is 0 Å². The third-order valence-electron chi connectivity index (χ3n) is 4.56. The first-order valence-electron chi connectivity index (χ1n) is 5.43. The molecule has 0 aromatic rings. The first-order chi connectivity index (χ1) is 7.05. The van der Waals surface area contributed by atoms with Gasteiger partial charge in [0, 0.05) is 0 Å². The highest BCUT2D eigenvalue weighted by molar-refractivity contribution is 7.80. The van der Waals surface area contributed by atoms with Crippen molar-refractivity contribution >= 4 is 10.4 Å². The number of fused-ring (bicyclic) bond motifs is 2. The van der Waals surface area contributed by atoms with Gasteiger partial charge in [-0.05, 0) is 37.0 Å². The Morgan fingerprint density at radius 3 is 2.19 bits per heavy atom. The highest BCUT2D eigenvalue weighted by atomic mass is 32.3. The van der Waals surface area contributed by atoms with E-state index in [1.165, 1.54) is 0 Å². The lowest BCUT2D eigenvalue weighted by Crippen LogP contribution is -2.67. The number of hydrogen-bond acceptors (Lipinski definition) is 4. The lowest BCUT2D eigenvalue weighted by atomic mass is 9.43. The molecule has 4 unspecified atom stereocenters. The van der Waals surface area contributed by atoms with Crippen molar-refractivity contribution in [3.05, 3.63) is 0 Å². The minimum absolute atomic E-state index is 0.0164. The fourth-order valence-electron chi connectivity index (χ4n) is 3.41. The fraction of sp³-hybridized carbons (Fsp3) is 1.00. The van der Waals surface area contributed by atoms with Crippen molar-refractivity contribution in [2.75, 3.05) is 0 Å². The number of aliphatic hydroxyl groups is 1. The van der Waals surface area contributed by atoms with Gasteiger partial charge in [0.05, 0.1) is 5.60 Å². The minimum atomic E-state index is -4.49. The molecule has 0 saturated heterocycles. The van der Waals surface area contributed by atoms with E-state index >= 15 is 0 Å². The second kappa shape index (κ2) is 3.19. The van der Waals surface area contributed by atoms with Gasteiger partial charge in [0.1, 0.15) is 6.10 Å². The van der Waals surface area contributed by atoms with Crippen molar-refractivity contribution in [2.24, 2.45) is 17.3 Å². The van der Waals surface area contributed by atoms with Crippen LogP contribution >= 0.6 is 0 Å². The van der Waals surface area contributed by atoms with Gasteiger partial charge in [0.25, 0.3) is 0 Å². The Kier molecular flexibility index (Phi) is 2.45. The third kappa shape index (κ3) is 1.68. The van der Waals surface area contributed by atoms with Crippen molar-refractivity contribution in [1.82, 2.24) is 0 Å². The largest absolute Gasteiger partial charge is 0.397 e. The standard InChI is InChI=1S/C10H18O5S/c1-9(2)6-4-7(9)10(3,11)8(5-6)15-16(12,13)14/h6-8,11H,4-5H2,1-3H3,(H,12,13,14). The second-order valence-electron chi connectivity index (χ2n) is 5.78. The van der Waals surface area contributed by atoms with E-state index in [0.717, 1.165) is 6.42 Å². The maximum Gasteiger partial charge on any atom is 0.397 e. The molecule has 2 N–H and O–H groups in total. The summed E-state index contributed by atoms with van der Waals surface area (Å²) in [5.41, 5.74) is -1.18. The van der Waals surface area contributed by atoms with E-state index in [2.05, 4.69) is 18.0 Å². The first kappa shape index (κ1) is 12.3. The van der Waals surface area contributed by atoms with E-state index in [4.69, 9.17) is 4.55 Å². The van der Waals surface area contributed by atoms with Gasteiger partial charge in [-0.25, -0.2) is 4.18 Å². The van der Waals surface area contributed by atoms with Crippen LogP contribution in [0.25, 0.3) is 0 Å². The molecule has 0 radical (unpaired) electrons. The molecule has 0 heterocycles. The first-order valence-corrected chi connectivity index (χ1v) is 6.79. The molecular formula is C10H18O5S. The molecule has 5 nitrogen and oxygen atoms in total. The number of rotatable bonds is 2. The van der Waals surface area contributed by atoms with Gasteiger partial charge >= 0.3 is 10.4 Å². The zero-order valence-corrected chi connectivity index (χ0v) is 10.5. The molecule has 16 heavy (non-hydrogen) atoms. The molecule has 0 aromatic heterocycles. The Bertz CT molecular complexity index is 397. The molecule has 3 aliphatic carbocycles. The molecule has 0 spiro atoms. The van der Waals surface area contributed by atoms with Gasteiger partial charge in [-0.3, -0.25) is 4.55 Å². The highest BCUT2D eigenvalue weighted by Gasteiger charge is 2.64. The van der Waals surface area contributed by atoms with Crippen LogP contribution in [0.3, 0.4) is 0 Å². The Morgan fingerprint density at radius 2 is 1.81 bits per heavy atom. The van der Waals surface area contributed by atoms with Crippen molar-refractivity contribution in [3.8, 4) is 0 Å². The van der Waals surface area contributed by atoms with Crippen LogP contribution in [0.4, 0.5) is 0 Å². The average Bonchev–Trinajstić information content (AvgIpc) is 2.04. The predicted octanol–water partition coefficient (Wildman–Crippen LogP) is 0.991. The maximum atomic E-state index is 10.7. The SMILES string of the molecule is CC1(C)C2CC(OS(=O)(=O)O)C(C)(O)C1C2. The van der Waals surface area contributed by atoms with Gasteiger partial charge < -0.3 is 5.11 Å². The van der Waals surface area contributed by atoms with E-state index in [-0.39, 0.29) is 11.3 Å². The Morgan fingerprint density at radius 1 is 1.25 bits per heavy atom. The fourth-order valence-corrected chi connectivity index (χ4v) is 3.98. The lowest BCUT2D eigenvalue weighted by Gasteiger charge is -2.64. The van der Waals surface area contributed by atoms with Gasteiger partial charge in [-0.1, -0.05) is 13.8 Å². The van der Waals surface area contributed by atoms with Crippen LogP contribution < -0.4 is 0 Å². The molecule has 4 atom stereocenters. The predicted molar refractivity (Wildman–Crippen MR) is 57.0 cm³/mol. The van der Waals surface area contributed by atoms with Gasteiger partial charge in [-0.2, -0.15) is 8.42 Å². The van der Waals surface area contributed by atoms with Crippen LogP contribution in [0.2, 0.25) is 0 Å². The van der Waals surface area contributed by atoms with Crippen molar-refractivity contribution in [1.29, 1.82) is 0 Å². The molecule has 94 valence electrons. The summed E-state index contributed by atoms with van der Waals surface area (Å²) in [6.45, 7) is 5.73. The summed E-state index contributed by atoms with van der Waals surface area (Å²) in [5.74, 6) is 0.370. The van der Waals surface area contributed by atoms with Crippen LogP contribution in [0.5, 0.6) is 0 Å². The summed E-state index contributed by atoms with van der Waals surface area (Å²) in [6, 6.07) is 0. The van der Waals surface area contributed by atoms with Gasteiger partial charge in [0.2, 0.25) is 0 Å². The number of hydrogen-bond donors (Lipinski definition) is 2. The Labute approximate surface area is 95.8 Å². The van der Waals surface area contributed by atoms with Gasteiger partial charge in [-0.15, -0.1) is 0 Å². The van der Waals surface area contributed by atoms with E-state index in [0.29, 0.717) is 12.3 Å². The summed E-state index contributed by atoms with van der Waals surface area (Å²) < 4.78 is 34.6. The zero-order valence-electron chi connectivity index (χ0n) is 9.67. The van der Waals surface area contributed by atoms with E-state index in [1.807, 2.05) is 0 Å². The molecule has 3 aliphatic rings. The lowest BCUT2D eigenvalue weighted by molar-refractivity contribution is -0.238. The van der Waals surface area contributed by atoms with Crippen molar-refractivity contribution in [3.63, 3.8) is 0 Å². The smallest absolute Gasteiger partial charge is 0.387 e. The molecule has 0 aliphatic heterocycles. The van der Waals surface area contributed by atoms with Crippen LogP contribution in [-0.4, -0.2) is 29.8 Å². The van der Waals surface area contributed by atoms with Crippen LogP contribution in [0, 0.1) is 17.3 Å². The third-order valence-corrected chi connectivity index (χ3v) is 5.04. The normalized spacial score (nSPS) is 46.2. The van der Waals surface area contributed by atoms with Crippen LogP contribution in [-0.2, 0) is 14.6 Å². The topological polar surface area (TPSA) is 83.8 Å². The summed E-state index contributed by atoms with van der Waals surface area (Å²) in [4.78, 5) is 0. The van der Waals surface area contributed by atoms with Crippen molar-refractivity contribution in [2.45, 2.75) is 45.3 Å².